The highest BCUT2D eigenvalue weighted by molar-refractivity contribution is 5.84. The van der Waals surface area contributed by atoms with Gasteiger partial charge in [0.1, 0.15) is 5.83 Å². The summed E-state index contributed by atoms with van der Waals surface area (Å²) in [5.74, 6) is -0.448. The molecule has 1 N–H and O–H groups in total. The summed E-state index contributed by atoms with van der Waals surface area (Å²) in [6, 6.07) is 0. The second kappa shape index (κ2) is 6.55. The van der Waals surface area contributed by atoms with Gasteiger partial charge in [-0.3, -0.25) is 9.89 Å². The quantitative estimate of drug-likeness (QED) is 0.583. The lowest BCUT2D eigenvalue weighted by molar-refractivity contribution is 0.271. The molecular formula is C12H20FN3. The Kier molecular flexibility index (Phi) is 5.35. The van der Waals surface area contributed by atoms with E-state index < -0.39 is 5.83 Å². The maximum Gasteiger partial charge on any atom is 0.117 e. The third-order valence-electron chi connectivity index (χ3n) is 2.39. The highest BCUT2D eigenvalue weighted by Crippen LogP contribution is 2.03. The third kappa shape index (κ3) is 5.19. The first-order chi connectivity index (χ1) is 7.58. The van der Waals surface area contributed by atoms with Gasteiger partial charge in [-0.05, 0) is 19.9 Å². The van der Waals surface area contributed by atoms with Gasteiger partial charge < -0.3 is 5.32 Å². The Labute approximate surface area is 96.7 Å². The molecule has 0 saturated carbocycles. The Morgan fingerprint density at radius 1 is 1.44 bits per heavy atom. The van der Waals surface area contributed by atoms with Gasteiger partial charge in [-0.2, -0.15) is 0 Å². The number of hydrogen-bond acceptors (Lipinski definition) is 3. The molecule has 0 aromatic carbocycles. The monoisotopic (exact) mass is 225 g/mol. The smallest absolute Gasteiger partial charge is 0.117 e. The molecule has 0 amide bonds. The summed E-state index contributed by atoms with van der Waals surface area (Å²) in [5, 5.41) is 3.30. The Morgan fingerprint density at radius 2 is 2.06 bits per heavy atom. The van der Waals surface area contributed by atoms with E-state index in [1.54, 1.807) is 6.92 Å². The van der Waals surface area contributed by atoms with Crippen molar-refractivity contribution in [2.45, 2.75) is 13.8 Å². The van der Waals surface area contributed by atoms with Gasteiger partial charge in [-0.15, -0.1) is 0 Å². The molecule has 0 aliphatic carbocycles. The molecule has 1 aliphatic rings. The number of rotatable bonds is 4. The molecule has 1 fully saturated rings. The molecule has 0 aromatic rings. The van der Waals surface area contributed by atoms with E-state index in [9.17, 15) is 4.39 Å². The van der Waals surface area contributed by atoms with Gasteiger partial charge >= 0.3 is 0 Å². The van der Waals surface area contributed by atoms with E-state index in [0.29, 0.717) is 5.70 Å². The zero-order chi connectivity index (χ0) is 12.0. The molecule has 1 rings (SSSR count). The topological polar surface area (TPSA) is 27.6 Å². The first kappa shape index (κ1) is 13.1. The van der Waals surface area contributed by atoms with Gasteiger partial charge in [-0.1, -0.05) is 6.58 Å². The zero-order valence-electron chi connectivity index (χ0n) is 10.1. The van der Waals surface area contributed by atoms with Crippen molar-refractivity contribution in [2.24, 2.45) is 4.99 Å². The SMILES string of the molecule is C=C(F)/C=C(\C)N=C(C)CN1CCNCC1. The standard InChI is InChI=1S/C12H20FN3/c1-10(13)8-11(2)15-12(3)9-16-6-4-14-5-7-16/h8,14H,1,4-7,9H2,2-3H3/b11-8+,15-12?. The number of aliphatic imine (C=N–C) groups is 1. The molecule has 0 radical (unpaired) electrons. The highest BCUT2D eigenvalue weighted by Gasteiger charge is 2.09. The predicted octanol–water partition coefficient (Wildman–Crippen LogP) is 1.74. The second-order valence-corrected chi connectivity index (χ2v) is 4.11. The van der Waals surface area contributed by atoms with Crippen LogP contribution in [0.25, 0.3) is 0 Å². The lowest BCUT2D eigenvalue weighted by Crippen LogP contribution is -2.45. The van der Waals surface area contributed by atoms with E-state index >= 15 is 0 Å². The summed E-state index contributed by atoms with van der Waals surface area (Å²) in [7, 11) is 0. The van der Waals surface area contributed by atoms with Crippen LogP contribution in [0.3, 0.4) is 0 Å². The van der Waals surface area contributed by atoms with Gasteiger partial charge in [0.15, 0.2) is 0 Å². The Balaban J connectivity index is 2.46. The van der Waals surface area contributed by atoms with Crippen molar-refractivity contribution in [1.29, 1.82) is 0 Å². The Bertz CT molecular complexity index is 301. The molecule has 3 nitrogen and oxygen atoms in total. The highest BCUT2D eigenvalue weighted by atomic mass is 19.1. The number of hydrogen-bond donors (Lipinski definition) is 1. The van der Waals surface area contributed by atoms with Crippen LogP contribution in [-0.2, 0) is 0 Å². The molecule has 0 unspecified atom stereocenters. The van der Waals surface area contributed by atoms with Crippen molar-refractivity contribution in [3.63, 3.8) is 0 Å². The minimum absolute atomic E-state index is 0.448. The Morgan fingerprint density at radius 3 is 2.62 bits per heavy atom. The fourth-order valence-corrected chi connectivity index (χ4v) is 1.79. The number of piperazine rings is 1. The molecule has 1 heterocycles. The van der Waals surface area contributed by atoms with Crippen molar-refractivity contribution >= 4 is 5.71 Å². The number of halogens is 1. The van der Waals surface area contributed by atoms with Crippen LogP contribution in [0.15, 0.2) is 29.2 Å². The van der Waals surface area contributed by atoms with Crippen molar-refractivity contribution in [1.82, 2.24) is 10.2 Å². The number of nitrogens with zero attached hydrogens (tertiary/aromatic N) is 2. The van der Waals surface area contributed by atoms with Crippen LogP contribution < -0.4 is 5.32 Å². The van der Waals surface area contributed by atoms with Crippen LogP contribution in [-0.4, -0.2) is 43.3 Å². The van der Waals surface area contributed by atoms with Crippen molar-refractivity contribution in [2.75, 3.05) is 32.7 Å². The van der Waals surface area contributed by atoms with E-state index in [1.165, 1.54) is 6.08 Å². The van der Waals surface area contributed by atoms with E-state index in [-0.39, 0.29) is 0 Å². The lowest BCUT2D eigenvalue weighted by atomic mass is 10.3. The van der Waals surface area contributed by atoms with Gasteiger partial charge in [0, 0.05) is 44.1 Å². The molecule has 0 bridgehead atoms. The summed E-state index contributed by atoms with van der Waals surface area (Å²) < 4.78 is 12.5. The van der Waals surface area contributed by atoms with E-state index in [0.717, 1.165) is 38.4 Å². The maximum atomic E-state index is 12.5. The molecule has 4 heteroatoms. The average Bonchev–Trinajstić information content (AvgIpc) is 2.17. The van der Waals surface area contributed by atoms with Crippen LogP contribution in [0.1, 0.15) is 13.8 Å². The van der Waals surface area contributed by atoms with E-state index in [2.05, 4.69) is 21.8 Å². The van der Waals surface area contributed by atoms with Gasteiger partial charge in [0.05, 0.1) is 0 Å². The van der Waals surface area contributed by atoms with Crippen LogP contribution in [0.4, 0.5) is 4.39 Å². The van der Waals surface area contributed by atoms with E-state index in [1.807, 2.05) is 6.92 Å². The van der Waals surface area contributed by atoms with Crippen LogP contribution in [0, 0.1) is 0 Å². The summed E-state index contributed by atoms with van der Waals surface area (Å²) in [5.41, 5.74) is 1.68. The van der Waals surface area contributed by atoms with Gasteiger partial charge in [0.25, 0.3) is 0 Å². The first-order valence-electron chi connectivity index (χ1n) is 5.58. The number of nitrogens with one attached hydrogen (secondary N) is 1. The summed E-state index contributed by atoms with van der Waals surface area (Å²) in [6.45, 7) is 12.0. The molecule has 0 aromatic heterocycles. The molecule has 90 valence electrons. The van der Waals surface area contributed by atoms with Crippen LogP contribution in [0.2, 0.25) is 0 Å². The molecule has 1 saturated heterocycles. The summed E-state index contributed by atoms with van der Waals surface area (Å²) >= 11 is 0. The molecule has 0 atom stereocenters. The number of allylic oxidation sites excluding steroid dienone is 3. The molecular weight excluding hydrogens is 205 g/mol. The molecule has 0 spiro atoms. The molecule has 16 heavy (non-hydrogen) atoms. The Hall–Kier alpha value is -1.00. The van der Waals surface area contributed by atoms with Crippen molar-refractivity contribution in [3.05, 3.63) is 24.2 Å². The minimum Gasteiger partial charge on any atom is -0.314 e. The normalized spacial score (nSPS) is 19.9. The van der Waals surface area contributed by atoms with Crippen molar-refractivity contribution in [3.8, 4) is 0 Å². The average molecular weight is 225 g/mol. The second-order valence-electron chi connectivity index (χ2n) is 4.11. The lowest BCUT2D eigenvalue weighted by Gasteiger charge is -2.26. The molecule has 1 aliphatic heterocycles. The van der Waals surface area contributed by atoms with Gasteiger partial charge in [-0.25, -0.2) is 4.39 Å². The zero-order valence-corrected chi connectivity index (χ0v) is 10.1. The largest absolute Gasteiger partial charge is 0.314 e. The maximum absolute atomic E-state index is 12.5. The van der Waals surface area contributed by atoms with E-state index in [4.69, 9.17) is 0 Å². The third-order valence-corrected chi connectivity index (χ3v) is 2.39. The van der Waals surface area contributed by atoms with Gasteiger partial charge in [0.2, 0.25) is 0 Å². The minimum atomic E-state index is -0.448. The summed E-state index contributed by atoms with van der Waals surface area (Å²) in [4.78, 5) is 6.67. The first-order valence-corrected chi connectivity index (χ1v) is 5.58. The fourth-order valence-electron chi connectivity index (χ4n) is 1.79. The predicted molar refractivity (Wildman–Crippen MR) is 66.4 cm³/mol. The van der Waals surface area contributed by atoms with Crippen LogP contribution in [0.5, 0.6) is 0 Å². The fraction of sp³-hybridized carbons (Fsp3) is 0.583. The van der Waals surface area contributed by atoms with Crippen LogP contribution >= 0.6 is 0 Å². The summed E-state index contributed by atoms with van der Waals surface area (Å²) in [6.07, 6.45) is 1.35. The van der Waals surface area contributed by atoms with Crippen molar-refractivity contribution < 1.29 is 4.39 Å².